The number of pyridine rings is 1. The minimum absolute atomic E-state index is 0.0304. The van der Waals surface area contributed by atoms with Crippen LogP contribution in [0.25, 0.3) is 0 Å². The van der Waals surface area contributed by atoms with Crippen molar-refractivity contribution in [3.8, 4) is 0 Å². The number of rotatable bonds is 3. The van der Waals surface area contributed by atoms with Crippen molar-refractivity contribution in [1.82, 2.24) is 4.98 Å². The Hall–Kier alpha value is -1.87. The van der Waals surface area contributed by atoms with Crippen molar-refractivity contribution in [2.45, 2.75) is 39.3 Å². The minimum Gasteiger partial charge on any atom is -0.384 e. The Morgan fingerprint density at radius 1 is 1.10 bits per heavy atom. The molecule has 0 saturated heterocycles. The summed E-state index contributed by atoms with van der Waals surface area (Å²) in [7, 11) is 0. The molecule has 0 fully saturated rings. The van der Waals surface area contributed by atoms with Gasteiger partial charge in [-0.05, 0) is 44.9 Å². The highest BCUT2D eigenvalue weighted by atomic mass is 16.3. The Morgan fingerprint density at radius 3 is 2.30 bits per heavy atom. The zero-order chi connectivity index (χ0) is 14.8. The van der Waals surface area contributed by atoms with Crippen LogP contribution in [0.15, 0.2) is 42.6 Å². The van der Waals surface area contributed by atoms with Gasteiger partial charge in [0.1, 0.15) is 11.9 Å². The second-order valence-corrected chi connectivity index (χ2v) is 6.12. The first-order chi connectivity index (χ1) is 9.37. The zero-order valence-corrected chi connectivity index (χ0v) is 12.5. The fourth-order valence-corrected chi connectivity index (χ4v) is 2.06. The number of anilines is 1. The van der Waals surface area contributed by atoms with Crippen LogP contribution in [-0.2, 0) is 0 Å². The molecule has 0 saturated carbocycles. The van der Waals surface area contributed by atoms with E-state index in [4.69, 9.17) is 0 Å². The Morgan fingerprint density at radius 2 is 1.75 bits per heavy atom. The summed E-state index contributed by atoms with van der Waals surface area (Å²) in [5, 5.41) is 13.7. The van der Waals surface area contributed by atoms with E-state index in [1.54, 1.807) is 6.20 Å². The standard InChI is InChI=1S/C17H22N2O/c1-12-10-14(11-18-16(12)19-17(2,3)4)15(20)13-8-6-5-7-9-13/h5-11,15,20H,1-4H3,(H,18,19)/t15-/m1/s1. The van der Waals surface area contributed by atoms with Crippen LogP contribution in [-0.4, -0.2) is 15.6 Å². The molecule has 0 aliphatic heterocycles. The van der Waals surface area contributed by atoms with Crippen LogP contribution in [0, 0.1) is 6.92 Å². The van der Waals surface area contributed by atoms with Crippen LogP contribution in [0.2, 0.25) is 0 Å². The highest BCUT2D eigenvalue weighted by Crippen LogP contribution is 2.25. The van der Waals surface area contributed by atoms with E-state index in [1.807, 2.05) is 43.3 Å². The molecule has 1 heterocycles. The second kappa shape index (κ2) is 5.63. The van der Waals surface area contributed by atoms with Gasteiger partial charge in [0.25, 0.3) is 0 Å². The van der Waals surface area contributed by atoms with E-state index >= 15 is 0 Å². The van der Waals surface area contributed by atoms with Gasteiger partial charge in [-0.2, -0.15) is 0 Å². The maximum absolute atomic E-state index is 10.4. The molecule has 106 valence electrons. The largest absolute Gasteiger partial charge is 0.384 e. The third-order valence-electron chi connectivity index (χ3n) is 3.02. The van der Waals surface area contributed by atoms with Gasteiger partial charge in [-0.3, -0.25) is 0 Å². The van der Waals surface area contributed by atoms with E-state index in [0.29, 0.717) is 0 Å². The molecule has 0 unspecified atom stereocenters. The summed E-state index contributed by atoms with van der Waals surface area (Å²) in [5.74, 6) is 0.863. The summed E-state index contributed by atoms with van der Waals surface area (Å²) < 4.78 is 0. The fourth-order valence-electron chi connectivity index (χ4n) is 2.06. The van der Waals surface area contributed by atoms with Crippen molar-refractivity contribution in [2.75, 3.05) is 5.32 Å². The molecule has 2 rings (SSSR count). The van der Waals surface area contributed by atoms with Crippen molar-refractivity contribution in [1.29, 1.82) is 0 Å². The number of aryl methyl sites for hydroxylation is 1. The SMILES string of the molecule is Cc1cc([C@H](O)c2ccccc2)cnc1NC(C)(C)C. The van der Waals surface area contributed by atoms with Gasteiger partial charge in [-0.1, -0.05) is 30.3 Å². The summed E-state index contributed by atoms with van der Waals surface area (Å²) in [5.41, 5.74) is 2.70. The molecule has 0 bridgehead atoms. The lowest BCUT2D eigenvalue weighted by molar-refractivity contribution is 0.220. The van der Waals surface area contributed by atoms with Gasteiger partial charge < -0.3 is 10.4 Å². The Bertz CT molecular complexity index is 573. The quantitative estimate of drug-likeness (QED) is 0.894. The Labute approximate surface area is 120 Å². The average Bonchev–Trinajstić information content (AvgIpc) is 2.40. The third-order valence-corrected chi connectivity index (χ3v) is 3.02. The van der Waals surface area contributed by atoms with Gasteiger partial charge in [-0.25, -0.2) is 4.98 Å². The molecule has 20 heavy (non-hydrogen) atoms. The molecular weight excluding hydrogens is 248 g/mol. The topological polar surface area (TPSA) is 45.2 Å². The molecule has 1 aromatic carbocycles. The molecule has 0 spiro atoms. The molecule has 0 aliphatic rings. The number of benzene rings is 1. The number of aliphatic hydroxyl groups excluding tert-OH is 1. The molecule has 2 N–H and O–H groups in total. The predicted octanol–water partition coefficient (Wildman–Crippen LogP) is 3.68. The molecule has 3 nitrogen and oxygen atoms in total. The molecule has 1 aromatic heterocycles. The van der Waals surface area contributed by atoms with E-state index in [2.05, 4.69) is 31.1 Å². The van der Waals surface area contributed by atoms with Gasteiger partial charge in [-0.15, -0.1) is 0 Å². The summed E-state index contributed by atoms with van der Waals surface area (Å²) in [6.07, 6.45) is 1.10. The Balaban J connectivity index is 2.25. The minimum atomic E-state index is -0.633. The van der Waals surface area contributed by atoms with Crippen molar-refractivity contribution < 1.29 is 5.11 Å². The van der Waals surface area contributed by atoms with Crippen LogP contribution >= 0.6 is 0 Å². The lowest BCUT2D eigenvalue weighted by atomic mass is 10.0. The molecule has 2 aromatic rings. The predicted molar refractivity (Wildman–Crippen MR) is 82.9 cm³/mol. The first-order valence-electron chi connectivity index (χ1n) is 6.84. The average molecular weight is 270 g/mol. The van der Waals surface area contributed by atoms with Gasteiger partial charge >= 0.3 is 0 Å². The molecule has 3 heteroatoms. The van der Waals surface area contributed by atoms with Crippen molar-refractivity contribution in [3.05, 3.63) is 59.3 Å². The smallest absolute Gasteiger partial charge is 0.129 e. The molecule has 0 radical (unpaired) electrons. The number of nitrogens with one attached hydrogen (secondary N) is 1. The number of aliphatic hydroxyl groups is 1. The van der Waals surface area contributed by atoms with Crippen molar-refractivity contribution in [2.24, 2.45) is 0 Å². The lowest BCUT2D eigenvalue weighted by Crippen LogP contribution is -2.27. The number of hydrogen-bond acceptors (Lipinski definition) is 3. The molecule has 0 amide bonds. The summed E-state index contributed by atoms with van der Waals surface area (Å²) >= 11 is 0. The number of nitrogens with zero attached hydrogens (tertiary/aromatic N) is 1. The van der Waals surface area contributed by atoms with Crippen molar-refractivity contribution >= 4 is 5.82 Å². The van der Waals surface area contributed by atoms with Gasteiger partial charge in [0.05, 0.1) is 0 Å². The molecule has 0 aliphatic carbocycles. The van der Waals surface area contributed by atoms with Gasteiger partial charge in [0.15, 0.2) is 0 Å². The maximum Gasteiger partial charge on any atom is 0.129 e. The van der Waals surface area contributed by atoms with Crippen LogP contribution in [0.3, 0.4) is 0 Å². The number of hydrogen-bond donors (Lipinski definition) is 2. The molecule has 1 atom stereocenters. The van der Waals surface area contributed by atoms with Crippen LogP contribution in [0.4, 0.5) is 5.82 Å². The second-order valence-electron chi connectivity index (χ2n) is 6.12. The van der Waals surface area contributed by atoms with E-state index in [0.717, 1.165) is 22.5 Å². The van der Waals surface area contributed by atoms with Crippen LogP contribution in [0.1, 0.15) is 43.6 Å². The van der Waals surface area contributed by atoms with E-state index in [1.165, 1.54) is 0 Å². The van der Waals surface area contributed by atoms with E-state index in [-0.39, 0.29) is 5.54 Å². The van der Waals surface area contributed by atoms with E-state index < -0.39 is 6.10 Å². The first kappa shape index (κ1) is 14.5. The third kappa shape index (κ3) is 3.58. The maximum atomic E-state index is 10.4. The highest BCUT2D eigenvalue weighted by Gasteiger charge is 2.15. The molecular formula is C17H22N2O. The normalized spacial score (nSPS) is 13.1. The summed E-state index contributed by atoms with van der Waals surface area (Å²) in [6, 6.07) is 11.6. The first-order valence-corrected chi connectivity index (χ1v) is 6.84. The number of aromatic nitrogens is 1. The zero-order valence-electron chi connectivity index (χ0n) is 12.5. The van der Waals surface area contributed by atoms with Crippen LogP contribution in [0.5, 0.6) is 0 Å². The monoisotopic (exact) mass is 270 g/mol. The van der Waals surface area contributed by atoms with Gasteiger partial charge in [0, 0.05) is 17.3 Å². The van der Waals surface area contributed by atoms with E-state index in [9.17, 15) is 5.11 Å². The highest BCUT2D eigenvalue weighted by molar-refractivity contribution is 5.47. The van der Waals surface area contributed by atoms with Gasteiger partial charge in [0.2, 0.25) is 0 Å². The van der Waals surface area contributed by atoms with Crippen molar-refractivity contribution in [3.63, 3.8) is 0 Å². The summed E-state index contributed by atoms with van der Waals surface area (Å²) in [4.78, 5) is 4.44. The Kier molecular flexibility index (Phi) is 4.09. The fraction of sp³-hybridized carbons (Fsp3) is 0.353. The summed E-state index contributed by atoms with van der Waals surface area (Å²) in [6.45, 7) is 8.30. The lowest BCUT2D eigenvalue weighted by Gasteiger charge is -2.23. The van der Waals surface area contributed by atoms with Crippen LogP contribution < -0.4 is 5.32 Å².